The van der Waals surface area contributed by atoms with E-state index in [4.69, 9.17) is 19.2 Å². The molecule has 0 aliphatic rings. The Labute approximate surface area is 211 Å². The summed E-state index contributed by atoms with van der Waals surface area (Å²) in [5.74, 6) is 0.159. The average molecular weight is 706 g/mol. The van der Waals surface area contributed by atoms with Crippen LogP contribution in [0.5, 0.6) is 0 Å². The molecule has 2 heterocycles. The molecule has 0 saturated heterocycles. The summed E-state index contributed by atoms with van der Waals surface area (Å²) in [7, 11) is 0. The minimum atomic E-state index is -0.435. The average Bonchev–Trinajstić information content (AvgIpc) is 3.38. The van der Waals surface area contributed by atoms with Crippen LogP contribution >= 0.6 is 31.9 Å². The van der Waals surface area contributed by atoms with Crippen LogP contribution in [-0.4, -0.2) is 73.0 Å². The maximum absolute atomic E-state index is 12.1. The van der Waals surface area contributed by atoms with E-state index in [0.29, 0.717) is 60.2 Å². The van der Waals surface area contributed by atoms with E-state index in [9.17, 15) is 9.59 Å². The van der Waals surface area contributed by atoms with Gasteiger partial charge < -0.3 is 0 Å². The fraction of sp³-hybridized carbons (Fsp3) is 0.333. The van der Waals surface area contributed by atoms with Crippen molar-refractivity contribution in [3.8, 4) is 0 Å². The normalized spacial score (nSPS) is 12.1. The van der Waals surface area contributed by atoms with Crippen LogP contribution in [0, 0.1) is 0 Å². The van der Waals surface area contributed by atoms with Gasteiger partial charge in [0.15, 0.2) is 0 Å². The van der Waals surface area contributed by atoms with E-state index in [1.54, 1.807) is 24.3 Å². The van der Waals surface area contributed by atoms with Crippen LogP contribution in [0.1, 0.15) is 11.5 Å². The van der Waals surface area contributed by atoms with Gasteiger partial charge in [-0.2, -0.15) is 0 Å². The van der Waals surface area contributed by atoms with Crippen LogP contribution in [0.15, 0.2) is 52.8 Å². The Morgan fingerprint density at radius 1 is 0.812 bits per heavy atom. The monoisotopic (exact) mass is 706 g/mol. The number of furan rings is 2. The molecule has 14 heteroatoms. The Morgan fingerprint density at radius 2 is 1.22 bits per heavy atom. The number of nitrogens with one attached hydrogen (secondary N) is 2. The van der Waals surface area contributed by atoms with E-state index in [-0.39, 0.29) is 24.3 Å². The molecular weight excluding hydrogens is 686 g/mol. The SMILES string of the molecule is O=C(NCC[Se][Se]CCNC(=O)/C(Cc1ccc(Br)o1)=N/O)/C(Cc1ccc(Br)o1)=N/O. The number of carbonyl (C=O) groups excluding carboxylic acids is 2. The van der Waals surface area contributed by atoms with Crippen LogP contribution in [-0.2, 0) is 22.4 Å². The van der Waals surface area contributed by atoms with Crippen molar-refractivity contribution in [1.29, 1.82) is 0 Å². The van der Waals surface area contributed by atoms with Crippen molar-refractivity contribution in [3.63, 3.8) is 0 Å². The van der Waals surface area contributed by atoms with E-state index in [1.807, 2.05) is 0 Å². The fourth-order valence-electron chi connectivity index (χ4n) is 2.28. The molecule has 0 radical (unpaired) electrons. The van der Waals surface area contributed by atoms with Crippen LogP contribution in [0.2, 0.25) is 10.6 Å². The molecule has 0 aliphatic heterocycles. The first-order chi connectivity index (χ1) is 15.4. The summed E-state index contributed by atoms with van der Waals surface area (Å²) >= 11 is 7.03. The Morgan fingerprint density at radius 3 is 1.53 bits per heavy atom. The molecule has 2 rings (SSSR count). The predicted molar refractivity (Wildman–Crippen MR) is 126 cm³/mol. The van der Waals surface area contributed by atoms with Gasteiger partial charge in [-0.15, -0.1) is 0 Å². The second-order valence-electron chi connectivity index (χ2n) is 6.01. The van der Waals surface area contributed by atoms with Crippen molar-refractivity contribution < 1.29 is 28.8 Å². The van der Waals surface area contributed by atoms with E-state index >= 15 is 0 Å². The third kappa shape index (κ3) is 9.51. The summed E-state index contributed by atoms with van der Waals surface area (Å²) in [6.45, 7) is 0.960. The van der Waals surface area contributed by atoms with Gasteiger partial charge in [-0.1, -0.05) is 0 Å². The van der Waals surface area contributed by atoms with Gasteiger partial charge in [-0.3, -0.25) is 0 Å². The van der Waals surface area contributed by atoms with Gasteiger partial charge >= 0.3 is 213 Å². The van der Waals surface area contributed by atoms with Gasteiger partial charge in [0.1, 0.15) is 0 Å². The first-order valence-corrected chi connectivity index (χ1v) is 17.5. The third-order valence-corrected chi connectivity index (χ3v) is 11.9. The zero-order chi connectivity index (χ0) is 23.3. The van der Waals surface area contributed by atoms with Gasteiger partial charge in [0.25, 0.3) is 0 Å². The first-order valence-electron chi connectivity index (χ1n) is 9.14. The van der Waals surface area contributed by atoms with Crippen LogP contribution in [0.3, 0.4) is 0 Å². The summed E-state index contributed by atoms with van der Waals surface area (Å²) in [4.78, 5) is 24.2. The fourth-order valence-corrected chi connectivity index (χ4v) is 8.62. The Kier molecular flexibility index (Phi) is 12.1. The zero-order valence-corrected chi connectivity index (χ0v) is 23.1. The molecule has 10 nitrogen and oxygen atoms in total. The van der Waals surface area contributed by atoms with E-state index in [1.165, 1.54) is 0 Å². The van der Waals surface area contributed by atoms with Crippen LogP contribution < -0.4 is 10.6 Å². The van der Waals surface area contributed by atoms with Crippen LogP contribution in [0.25, 0.3) is 0 Å². The number of carbonyl (C=O) groups is 2. The number of amides is 2. The standard InChI is InChI=1S/C18H20Br2N4O6Se2/c19-15-3-1-11(29-15)9-13(23-27)17(25)21-5-7-31-32-8-6-22-18(26)14(24-28)10-12-2-4-16(20)30-12/h1-4,27-28H,5-10H2,(H,21,25)(H,22,26)/b23-13+,24-14+. The quantitative estimate of drug-likeness (QED) is 0.0826. The van der Waals surface area contributed by atoms with Crippen LogP contribution in [0.4, 0.5) is 0 Å². The number of oxime groups is 2. The zero-order valence-electron chi connectivity index (χ0n) is 16.5. The number of hydrogen-bond acceptors (Lipinski definition) is 8. The molecule has 0 unspecified atom stereocenters. The summed E-state index contributed by atoms with van der Waals surface area (Å²) in [6.07, 6.45) is 0.193. The Hall–Kier alpha value is -1.56. The van der Waals surface area contributed by atoms with Crippen molar-refractivity contribution in [2.45, 2.75) is 23.5 Å². The molecule has 2 amide bonds. The van der Waals surface area contributed by atoms with Crippen molar-refractivity contribution >= 4 is 81.4 Å². The number of nitrogens with zero attached hydrogens (tertiary/aromatic N) is 2. The van der Waals surface area contributed by atoms with E-state index in [2.05, 4.69) is 52.8 Å². The molecule has 0 fully saturated rings. The molecule has 0 aromatic carbocycles. The van der Waals surface area contributed by atoms with Gasteiger partial charge in [-0.25, -0.2) is 0 Å². The Bertz CT molecular complexity index is 887. The number of halogens is 2. The third-order valence-electron chi connectivity index (χ3n) is 3.73. The minimum absolute atomic E-state index is 0.0177. The van der Waals surface area contributed by atoms with Gasteiger partial charge in [0.05, 0.1) is 0 Å². The molecule has 0 saturated carbocycles. The topological polar surface area (TPSA) is 150 Å². The predicted octanol–water partition coefficient (Wildman–Crippen LogP) is 2.24. The van der Waals surface area contributed by atoms with Crippen molar-refractivity contribution in [1.82, 2.24) is 10.6 Å². The first kappa shape index (κ1) is 26.7. The second-order valence-corrected chi connectivity index (χ2v) is 15.4. The molecule has 174 valence electrons. The van der Waals surface area contributed by atoms with Crippen molar-refractivity contribution in [3.05, 3.63) is 45.1 Å². The molecule has 0 bridgehead atoms. The van der Waals surface area contributed by atoms with Gasteiger partial charge in [0, 0.05) is 0 Å². The summed E-state index contributed by atoms with van der Waals surface area (Å²) in [6, 6.07) is 6.78. The van der Waals surface area contributed by atoms with E-state index in [0.717, 1.165) is 10.6 Å². The molecule has 2 aromatic heterocycles. The molecule has 32 heavy (non-hydrogen) atoms. The van der Waals surface area contributed by atoms with Crippen molar-refractivity contribution in [2.75, 3.05) is 13.1 Å². The number of rotatable bonds is 13. The van der Waals surface area contributed by atoms with Gasteiger partial charge in [-0.05, 0) is 0 Å². The Balaban J connectivity index is 1.55. The molecule has 0 spiro atoms. The second kappa shape index (κ2) is 14.6. The maximum atomic E-state index is 12.1. The molecule has 4 N–H and O–H groups in total. The van der Waals surface area contributed by atoms with Gasteiger partial charge in [0.2, 0.25) is 0 Å². The molecule has 0 atom stereocenters. The molecule has 2 aromatic rings. The summed E-state index contributed by atoms with van der Waals surface area (Å²) in [5, 5.41) is 31.4. The summed E-state index contributed by atoms with van der Waals surface area (Å²) in [5.41, 5.74) is -0.0355. The molecule has 0 aliphatic carbocycles. The van der Waals surface area contributed by atoms with E-state index < -0.39 is 11.8 Å². The molecular formula is C18H20Br2N4O6Se2. The van der Waals surface area contributed by atoms with Crippen molar-refractivity contribution in [2.24, 2.45) is 10.3 Å². The summed E-state index contributed by atoms with van der Waals surface area (Å²) < 4.78 is 11.7. The number of hydrogen-bond donors (Lipinski definition) is 4.